The average molecular weight is 295 g/mol. The highest BCUT2D eigenvalue weighted by Crippen LogP contribution is 2.26. The van der Waals surface area contributed by atoms with Crippen LogP contribution in [0.5, 0.6) is 0 Å². The van der Waals surface area contributed by atoms with Gasteiger partial charge in [0.1, 0.15) is 0 Å². The second kappa shape index (κ2) is 6.88. The Morgan fingerprint density at radius 2 is 2.35 bits per heavy atom. The van der Waals surface area contributed by atoms with E-state index in [-0.39, 0.29) is 18.2 Å². The molecular formula is C15H21NO3S. The van der Waals surface area contributed by atoms with Crippen LogP contribution in [0.15, 0.2) is 16.8 Å². The molecule has 0 aliphatic carbocycles. The summed E-state index contributed by atoms with van der Waals surface area (Å²) in [5.74, 6) is -0.148. The minimum atomic E-state index is -0.751. The molecule has 5 heteroatoms. The third-order valence-electron chi connectivity index (χ3n) is 4.05. The summed E-state index contributed by atoms with van der Waals surface area (Å²) < 4.78 is 0. The highest BCUT2D eigenvalue weighted by atomic mass is 32.1. The number of carboxylic acid groups (broad SMARTS) is 1. The van der Waals surface area contributed by atoms with Gasteiger partial charge in [0.25, 0.3) is 0 Å². The maximum Gasteiger partial charge on any atom is 0.303 e. The number of piperidine rings is 1. The van der Waals surface area contributed by atoms with Crippen LogP contribution < -0.4 is 0 Å². The Morgan fingerprint density at radius 1 is 1.55 bits per heavy atom. The summed E-state index contributed by atoms with van der Waals surface area (Å²) in [5.41, 5.74) is 1.07. The molecule has 1 aliphatic heterocycles. The molecule has 2 unspecified atom stereocenters. The second-order valence-corrected chi connectivity index (χ2v) is 6.41. The molecule has 1 saturated heterocycles. The third kappa shape index (κ3) is 4.07. The zero-order valence-corrected chi connectivity index (χ0v) is 12.6. The summed E-state index contributed by atoms with van der Waals surface area (Å²) in [4.78, 5) is 25.0. The highest BCUT2D eigenvalue weighted by Gasteiger charge is 2.28. The van der Waals surface area contributed by atoms with Crippen molar-refractivity contribution in [3.63, 3.8) is 0 Å². The molecule has 1 amide bonds. The van der Waals surface area contributed by atoms with E-state index in [2.05, 4.69) is 0 Å². The Hall–Kier alpha value is -1.36. The number of aliphatic carboxylic acids is 1. The number of hydrogen-bond donors (Lipinski definition) is 1. The first-order valence-corrected chi connectivity index (χ1v) is 8.01. The van der Waals surface area contributed by atoms with Crippen molar-refractivity contribution >= 4 is 23.2 Å². The molecule has 4 nitrogen and oxygen atoms in total. The number of carbonyl (C=O) groups excluding carboxylic acids is 1. The predicted molar refractivity (Wildman–Crippen MR) is 78.7 cm³/mol. The van der Waals surface area contributed by atoms with Gasteiger partial charge in [0.15, 0.2) is 0 Å². The maximum absolute atomic E-state index is 12.3. The number of nitrogens with zero attached hydrogens (tertiary/aromatic N) is 1. The molecule has 1 N–H and O–H groups in total. The van der Waals surface area contributed by atoms with E-state index < -0.39 is 5.97 Å². The minimum Gasteiger partial charge on any atom is -0.481 e. The molecule has 1 aliphatic rings. The lowest BCUT2D eigenvalue weighted by Crippen LogP contribution is -2.42. The van der Waals surface area contributed by atoms with E-state index in [1.165, 1.54) is 0 Å². The Balaban J connectivity index is 1.89. The summed E-state index contributed by atoms with van der Waals surface area (Å²) >= 11 is 1.60. The number of carbonyl (C=O) groups is 2. The second-order valence-electron chi connectivity index (χ2n) is 5.63. The molecule has 0 aromatic carbocycles. The van der Waals surface area contributed by atoms with Gasteiger partial charge in [-0.1, -0.05) is 6.92 Å². The van der Waals surface area contributed by atoms with Crippen LogP contribution in [-0.2, 0) is 16.0 Å². The van der Waals surface area contributed by atoms with Gasteiger partial charge in [-0.25, -0.2) is 0 Å². The summed E-state index contributed by atoms with van der Waals surface area (Å²) in [7, 11) is 0. The van der Waals surface area contributed by atoms with Crippen LogP contribution in [0.4, 0.5) is 0 Å². The number of likely N-dealkylation sites (tertiary alicyclic amines) is 1. The molecule has 110 valence electrons. The fourth-order valence-electron chi connectivity index (χ4n) is 2.82. The van der Waals surface area contributed by atoms with Crippen LogP contribution in [0.25, 0.3) is 0 Å². The number of rotatable bonds is 5. The van der Waals surface area contributed by atoms with Crippen LogP contribution in [0.2, 0.25) is 0 Å². The molecule has 1 fully saturated rings. The highest BCUT2D eigenvalue weighted by molar-refractivity contribution is 7.07. The number of carboxylic acids is 1. The molecule has 1 aromatic rings. The monoisotopic (exact) mass is 295 g/mol. The van der Waals surface area contributed by atoms with Crippen molar-refractivity contribution in [2.45, 2.75) is 32.6 Å². The smallest absolute Gasteiger partial charge is 0.303 e. The minimum absolute atomic E-state index is 0.129. The van der Waals surface area contributed by atoms with Gasteiger partial charge in [-0.2, -0.15) is 11.3 Å². The molecule has 2 rings (SSSR count). The van der Waals surface area contributed by atoms with E-state index in [1.54, 1.807) is 11.3 Å². The Labute approximate surface area is 123 Å². The Morgan fingerprint density at radius 3 is 3.00 bits per heavy atom. The molecule has 0 spiro atoms. The summed E-state index contributed by atoms with van der Waals surface area (Å²) in [6.45, 7) is 3.49. The van der Waals surface area contributed by atoms with Crippen LogP contribution in [-0.4, -0.2) is 35.0 Å². The van der Waals surface area contributed by atoms with Crippen molar-refractivity contribution in [1.29, 1.82) is 0 Å². The van der Waals surface area contributed by atoms with Gasteiger partial charge in [-0.15, -0.1) is 0 Å². The largest absolute Gasteiger partial charge is 0.481 e. The van der Waals surface area contributed by atoms with E-state index in [1.807, 2.05) is 28.7 Å². The SMILES string of the molecule is CC(CC(=O)O)C1CCCN(C(=O)Cc2ccsc2)C1. The molecule has 20 heavy (non-hydrogen) atoms. The predicted octanol–water partition coefficient (Wildman–Crippen LogP) is 2.64. The molecule has 0 radical (unpaired) electrons. The molecule has 2 atom stereocenters. The van der Waals surface area contributed by atoms with E-state index in [0.717, 1.165) is 24.9 Å². The molecule has 0 bridgehead atoms. The van der Waals surface area contributed by atoms with Gasteiger partial charge < -0.3 is 10.0 Å². The Kier molecular flexibility index (Phi) is 5.17. The summed E-state index contributed by atoms with van der Waals surface area (Å²) in [6.07, 6.45) is 2.65. The van der Waals surface area contributed by atoms with Gasteiger partial charge in [0, 0.05) is 19.5 Å². The van der Waals surface area contributed by atoms with Gasteiger partial charge in [0.05, 0.1) is 6.42 Å². The van der Waals surface area contributed by atoms with Crippen molar-refractivity contribution in [3.05, 3.63) is 22.4 Å². The zero-order chi connectivity index (χ0) is 14.5. The standard InChI is InChI=1S/C15H21NO3S/c1-11(7-15(18)19)13-3-2-5-16(9-13)14(17)8-12-4-6-20-10-12/h4,6,10-11,13H,2-3,5,7-9H2,1H3,(H,18,19). The van der Waals surface area contributed by atoms with Crippen molar-refractivity contribution in [3.8, 4) is 0 Å². The van der Waals surface area contributed by atoms with Crippen LogP contribution in [0.3, 0.4) is 0 Å². The normalized spacial score (nSPS) is 20.6. The summed E-state index contributed by atoms with van der Waals surface area (Å²) in [6, 6.07) is 1.98. The first-order chi connectivity index (χ1) is 9.56. The lowest BCUT2D eigenvalue weighted by atomic mass is 9.84. The van der Waals surface area contributed by atoms with Crippen LogP contribution >= 0.6 is 11.3 Å². The Bertz CT molecular complexity index is 458. The third-order valence-corrected chi connectivity index (χ3v) is 4.78. The first kappa shape index (κ1) is 15.0. The van der Waals surface area contributed by atoms with Gasteiger partial charge in [-0.05, 0) is 47.1 Å². The quantitative estimate of drug-likeness (QED) is 0.908. The lowest BCUT2D eigenvalue weighted by Gasteiger charge is -2.35. The molecule has 2 heterocycles. The van der Waals surface area contributed by atoms with Gasteiger partial charge >= 0.3 is 5.97 Å². The zero-order valence-electron chi connectivity index (χ0n) is 11.7. The lowest BCUT2D eigenvalue weighted by molar-refractivity contribution is -0.138. The fourth-order valence-corrected chi connectivity index (χ4v) is 3.49. The van der Waals surface area contributed by atoms with Crippen molar-refractivity contribution < 1.29 is 14.7 Å². The van der Waals surface area contributed by atoms with E-state index in [0.29, 0.717) is 18.9 Å². The van der Waals surface area contributed by atoms with Crippen molar-refractivity contribution in [2.75, 3.05) is 13.1 Å². The maximum atomic E-state index is 12.3. The number of hydrogen-bond acceptors (Lipinski definition) is 3. The number of amides is 1. The summed E-state index contributed by atoms with van der Waals surface area (Å²) in [5, 5.41) is 12.9. The van der Waals surface area contributed by atoms with Crippen LogP contribution in [0, 0.1) is 11.8 Å². The fraction of sp³-hybridized carbons (Fsp3) is 0.600. The molecular weight excluding hydrogens is 274 g/mol. The van der Waals surface area contributed by atoms with E-state index >= 15 is 0 Å². The number of thiophene rings is 1. The van der Waals surface area contributed by atoms with Gasteiger partial charge in [-0.3, -0.25) is 9.59 Å². The molecule has 1 aromatic heterocycles. The average Bonchev–Trinajstić information content (AvgIpc) is 2.91. The van der Waals surface area contributed by atoms with Gasteiger partial charge in [0.2, 0.25) is 5.91 Å². The van der Waals surface area contributed by atoms with Crippen molar-refractivity contribution in [2.24, 2.45) is 11.8 Å². The molecule has 0 saturated carbocycles. The van der Waals surface area contributed by atoms with E-state index in [4.69, 9.17) is 5.11 Å². The first-order valence-electron chi connectivity index (χ1n) is 7.07. The van der Waals surface area contributed by atoms with Crippen LogP contribution in [0.1, 0.15) is 31.7 Å². The topological polar surface area (TPSA) is 57.6 Å². The van der Waals surface area contributed by atoms with E-state index in [9.17, 15) is 9.59 Å². The van der Waals surface area contributed by atoms with Crippen molar-refractivity contribution in [1.82, 2.24) is 4.90 Å².